The van der Waals surface area contributed by atoms with Gasteiger partial charge in [0.25, 0.3) is 11.1 Å². The number of nitrogens with zero attached hydrogens (tertiary/aromatic N) is 3. The first-order valence-electron chi connectivity index (χ1n) is 10.9. The van der Waals surface area contributed by atoms with Crippen LogP contribution in [0.3, 0.4) is 0 Å². The number of aromatic nitrogens is 1. The Morgan fingerprint density at radius 3 is 2.47 bits per heavy atom. The molecule has 0 N–H and O–H groups in total. The quantitative estimate of drug-likeness (QED) is 0.331. The van der Waals surface area contributed by atoms with E-state index in [0.717, 1.165) is 50.7 Å². The van der Waals surface area contributed by atoms with Crippen LogP contribution in [0.4, 0.5) is 4.79 Å². The number of carbonyl (C=O) groups excluding carboxylic acids is 2. The lowest BCUT2D eigenvalue weighted by atomic mass is 10.0. The highest BCUT2D eigenvalue weighted by Crippen LogP contribution is 2.35. The third-order valence-electron chi connectivity index (χ3n) is 6.09. The van der Waals surface area contributed by atoms with E-state index in [4.69, 9.17) is 5.26 Å². The Kier molecular flexibility index (Phi) is 5.56. The lowest BCUT2D eigenvalue weighted by Crippen LogP contribution is -2.27. The molecule has 1 aliphatic heterocycles. The Morgan fingerprint density at radius 1 is 0.971 bits per heavy atom. The van der Waals surface area contributed by atoms with Gasteiger partial charge in [-0.25, -0.2) is 0 Å². The maximum absolute atomic E-state index is 13.2. The van der Waals surface area contributed by atoms with Gasteiger partial charge in [0.15, 0.2) is 0 Å². The van der Waals surface area contributed by atoms with Crippen molar-refractivity contribution in [2.24, 2.45) is 0 Å². The predicted molar refractivity (Wildman–Crippen MR) is 135 cm³/mol. The van der Waals surface area contributed by atoms with Crippen LogP contribution in [-0.4, -0.2) is 20.6 Å². The summed E-state index contributed by atoms with van der Waals surface area (Å²) in [7, 11) is 0. The fourth-order valence-corrected chi connectivity index (χ4v) is 5.22. The number of aryl methyl sites for hydroxylation is 1. The molecule has 0 saturated carbocycles. The van der Waals surface area contributed by atoms with E-state index in [1.165, 1.54) is 4.90 Å². The van der Waals surface area contributed by atoms with Crippen molar-refractivity contribution < 1.29 is 9.59 Å². The summed E-state index contributed by atoms with van der Waals surface area (Å²) >= 11 is 0.979. The smallest absolute Gasteiger partial charge is 0.293 e. The van der Waals surface area contributed by atoms with Gasteiger partial charge in [-0.2, -0.15) is 5.26 Å². The molecule has 1 aliphatic rings. The first-order valence-corrected chi connectivity index (χ1v) is 11.7. The van der Waals surface area contributed by atoms with E-state index >= 15 is 0 Å². The topological polar surface area (TPSA) is 66.1 Å². The van der Waals surface area contributed by atoms with Crippen molar-refractivity contribution in [3.63, 3.8) is 0 Å². The van der Waals surface area contributed by atoms with E-state index in [0.29, 0.717) is 10.5 Å². The van der Waals surface area contributed by atoms with Crippen molar-refractivity contribution in [2.75, 3.05) is 0 Å². The van der Waals surface area contributed by atoms with E-state index in [2.05, 4.69) is 10.6 Å². The maximum atomic E-state index is 13.2. The van der Waals surface area contributed by atoms with Gasteiger partial charge in [0.05, 0.1) is 23.1 Å². The van der Waals surface area contributed by atoms with Crippen molar-refractivity contribution in [3.05, 3.63) is 106 Å². The fraction of sp³-hybridized carbons (Fsp3) is 0.107. The van der Waals surface area contributed by atoms with Gasteiger partial charge in [0.2, 0.25) is 0 Å². The molecular formula is C28H21N3O2S. The van der Waals surface area contributed by atoms with Crippen LogP contribution in [-0.2, 0) is 11.3 Å². The van der Waals surface area contributed by atoms with Gasteiger partial charge in [-0.3, -0.25) is 14.5 Å². The summed E-state index contributed by atoms with van der Waals surface area (Å²) in [5.41, 5.74) is 5.34. The molecule has 0 bridgehead atoms. The number of fused-ring (bicyclic) bond motifs is 1. The molecule has 2 amide bonds. The molecule has 1 aromatic heterocycles. The van der Waals surface area contributed by atoms with Crippen LogP contribution in [0, 0.1) is 25.2 Å². The fourth-order valence-electron chi connectivity index (χ4n) is 4.39. The van der Waals surface area contributed by atoms with E-state index in [1.54, 1.807) is 18.2 Å². The highest BCUT2D eigenvalue weighted by atomic mass is 32.2. The van der Waals surface area contributed by atoms with Crippen molar-refractivity contribution in [2.45, 2.75) is 20.4 Å². The molecule has 1 fully saturated rings. The Hall–Kier alpha value is -4.08. The van der Waals surface area contributed by atoms with Crippen LogP contribution in [0.1, 0.15) is 28.1 Å². The number of hydrogen-bond acceptors (Lipinski definition) is 4. The predicted octanol–water partition coefficient (Wildman–Crippen LogP) is 6.36. The van der Waals surface area contributed by atoms with Crippen molar-refractivity contribution >= 4 is 39.8 Å². The lowest BCUT2D eigenvalue weighted by molar-refractivity contribution is -0.123. The summed E-state index contributed by atoms with van der Waals surface area (Å²) in [5.74, 6) is -0.272. The van der Waals surface area contributed by atoms with Crippen LogP contribution >= 0.6 is 11.8 Å². The van der Waals surface area contributed by atoms with Gasteiger partial charge in [-0.05, 0) is 83.9 Å². The van der Waals surface area contributed by atoms with E-state index in [9.17, 15) is 9.59 Å². The standard InChI is InChI=1S/C28H21N3O2S/c1-18-14-23(19(2)31(18)24-12-10-20(16-29)11-13-24)15-26-27(32)30(28(33)34-26)17-22-8-5-7-21-6-3-4-9-25(21)22/h3-15H,17H2,1-2H3/b26-15+. The molecule has 6 heteroatoms. The number of nitriles is 1. The molecule has 0 aliphatic carbocycles. The summed E-state index contributed by atoms with van der Waals surface area (Å²) < 4.78 is 2.08. The molecule has 0 radical (unpaired) electrons. The number of amides is 2. The number of benzene rings is 3. The third kappa shape index (κ3) is 3.81. The van der Waals surface area contributed by atoms with Gasteiger partial charge in [-0.1, -0.05) is 42.5 Å². The first kappa shape index (κ1) is 21.7. The molecule has 3 aromatic carbocycles. The van der Waals surface area contributed by atoms with Crippen molar-refractivity contribution in [1.29, 1.82) is 5.26 Å². The molecule has 5 nitrogen and oxygen atoms in total. The Labute approximate surface area is 201 Å². The normalized spacial score (nSPS) is 14.9. The largest absolute Gasteiger partial charge is 0.318 e. The minimum absolute atomic E-state index is 0.244. The van der Waals surface area contributed by atoms with Crippen LogP contribution < -0.4 is 0 Å². The van der Waals surface area contributed by atoms with Crippen LogP contribution in [0.5, 0.6) is 0 Å². The van der Waals surface area contributed by atoms with Gasteiger partial charge < -0.3 is 4.57 Å². The molecule has 1 saturated heterocycles. The molecule has 5 rings (SSSR count). The minimum Gasteiger partial charge on any atom is -0.318 e. The van der Waals surface area contributed by atoms with Crippen molar-refractivity contribution in [3.8, 4) is 11.8 Å². The number of thioether (sulfide) groups is 1. The SMILES string of the molecule is Cc1cc(/C=C2/SC(=O)N(Cc3cccc4ccccc34)C2=O)c(C)n1-c1ccc(C#N)cc1. The molecule has 0 unspecified atom stereocenters. The van der Waals surface area contributed by atoms with Crippen LogP contribution in [0.2, 0.25) is 0 Å². The number of carbonyl (C=O) groups is 2. The summed E-state index contributed by atoms with van der Waals surface area (Å²) in [6, 6.07) is 25.4. The molecule has 0 atom stereocenters. The van der Waals surface area contributed by atoms with E-state index < -0.39 is 0 Å². The van der Waals surface area contributed by atoms with Gasteiger partial charge in [0, 0.05) is 17.1 Å². The molecule has 0 spiro atoms. The zero-order chi connectivity index (χ0) is 23.8. The second-order valence-corrected chi connectivity index (χ2v) is 9.22. The maximum Gasteiger partial charge on any atom is 0.293 e. The third-order valence-corrected chi connectivity index (χ3v) is 7.00. The Bertz CT molecular complexity index is 1520. The van der Waals surface area contributed by atoms with Crippen LogP contribution in [0.25, 0.3) is 22.5 Å². The highest BCUT2D eigenvalue weighted by Gasteiger charge is 2.35. The zero-order valence-corrected chi connectivity index (χ0v) is 19.6. The van der Waals surface area contributed by atoms with Gasteiger partial charge in [0.1, 0.15) is 0 Å². The Morgan fingerprint density at radius 2 is 1.71 bits per heavy atom. The van der Waals surface area contributed by atoms with Gasteiger partial charge in [-0.15, -0.1) is 0 Å². The second kappa shape index (κ2) is 8.69. The summed E-state index contributed by atoms with van der Waals surface area (Å²) in [4.78, 5) is 27.7. The lowest BCUT2D eigenvalue weighted by Gasteiger charge is -2.14. The summed E-state index contributed by atoms with van der Waals surface area (Å²) in [6.07, 6.45) is 1.80. The minimum atomic E-state index is -0.272. The number of hydrogen-bond donors (Lipinski definition) is 0. The van der Waals surface area contributed by atoms with E-state index in [-0.39, 0.29) is 17.7 Å². The van der Waals surface area contributed by atoms with Crippen molar-refractivity contribution in [1.82, 2.24) is 9.47 Å². The summed E-state index contributed by atoms with van der Waals surface area (Å²) in [5, 5.41) is 10.9. The molecule has 4 aromatic rings. The first-order chi connectivity index (χ1) is 16.5. The molecule has 166 valence electrons. The number of rotatable bonds is 4. The molecule has 34 heavy (non-hydrogen) atoms. The number of imide groups is 1. The molecule has 2 heterocycles. The second-order valence-electron chi connectivity index (χ2n) is 8.23. The molecular weight excluding hydrogens is 442 g/mol. The Balaban J connectivity index is 1.44. The average molecular weight is 464 g/mol. The van der Waals surface area contributed by atoms with Crippen LogP contribution in [0.15, 0.2) is 77.7 Å². The highest BCUT2D eigenvalue weighted by molar-refractivity contribution is 8.18. The average Bonchev–Trinajstić information content (AvgIpc) is 3.28. The van der Waals surface area contributed by atoms with Gasteiger partial charge >= 0.3 is 0 Å². The van der Waals surface area contributed by atoms with E-state index in [1.807, 2.05) is 74.5 Å². The summed E-state index contributed by atoms with van der Waals surface area (Å²) in [6.45, 7) is 4.22. The zero-order valence-electron chi connectivity index (χ0n) is 18.8. The monoisotopic (exact) mass is 463 g/mol.